The number of hydrogen-bond acceptors (Lipinski definition) is 8. The Kier molecular flexibility index (Phi) is 14.2. The molecule has 16 nitrogen and oxygen atoms in total. The first-order chi connectivity index (χ1) is 25.5. The average Bonchev–Trinajstić information content (AvgIpc) is 3.81. The molecule has 54 heavy (non-hydrogen) atoms. The minimum absolute atomic E-state index is 0.111. The van der Waals surface area contributed by atoms with Crippen molar-refractivity contribution in [2.45, 2.75) is 122 Å². The van der Waals surface area contributed by atoms with E-state index in [2.05, 4.69) is 26.6 Å². The summed E-state index contributed by atoms with van der Waals surface area (Å²) >= 11 is 0. The third-order valence-electron chi connectivity index (χ3n) is 10.3. The highest BCUT2D eigenvalue weighted by Crippen LogP contribution is 2.26. The molecule has 8 amide bonds. The molecule has 3 aliphatic heterocycles. The number of rotatable bonds is 7. The van der Waals surface area contributed by atoms with Crippen LogP contribution in [0.15, 0.2) is 30.3 Å². The molecule has 3 heterocycles. The van der Waals surface area contributed by atoms with Crippen LogP contribution in [0.5, 0.6) is 0 Å². The highest BCUT2D eigenvalue weighted by atomic mass is 16.2. The van der Waals surface area contributed by atoms with Crippen LogP contribution in [0, 0.1) is 17.8 Å². The molecule has 3 saturated heterocycles. The molecule has 0 bridgehead atoms. The summed E-state index contributed by atoms with van der Waals surface area (Å²) in [5, 5.41) is 13.6. The fraction of sp³-hybridized carbons (Fsp3) is 0.632. The van der Waals surface area contributed by atoms with Crippen LogP contribution in [0.3, 0.4) is 0 Å². The van der Waals surface area contributed by atoms with Gasteiger partial charge < -0.3 is 42.1 Å². The monoisotopic (exact) mass is 752 g/mol. The summed E-state index contributed by atoms with van der Waals surface area (Å²) in [7, 11) is 0. The number of hydrogen-bond donors (Lipinski definition) is 6. The Morgan fingerprint density at radius 1 is 0.611 bits per heavy atom. The molecule has 4 rings (SSSR count). The van der Waals surface area contributed by atoms with E-state index in [1.165, 1.54) is 9.80 Å². The normalized spacial score (nSPS) is 28.2. The Balaban J connectivity index is 1.78. The van der Waals surface area contributed by atoms with Crippen molar-refractivity contribution in [1.29, 1.82) is 0 Å². The topological polar surface area (TPSA) is 229 Å². The molecule has 16 heteroatoms. The van der Waals surface area contributed by atoms with Crippen LogP contribution in [-0.2, 0) is 44.8 Å². The van der Waals surface area contributed by atoms with Gasteiger partial charge in [-0.25, -0.2) is 0 Å². The quantitative estimate of drug-likeness (QED) is 0.212. The molecular formula is C38H56N8O8. The van der Waals surface area contributed by atoms with E-state index in [0.717, 1.165) is 5.56 Å². The first-order valence-corrected chi connectivity index (χ1v) is 18.9. The van der Waals surface area contributed by atoms with Gasteiger partial charge in [-0.3, -0.25) is 38.4 Å². The molecule has 0 radical (unpaired) electrons. The van der Waals surface area contributed by atoms with E-state index in [0.29, 0.717) is 19.3 Å². The maximum Gasteiger partial charge on any atom is 0.246 e. The van der Waals surface area contributed by atoms with Crippen molar-refractivity contribution in [2.75, 3.05) is 13.1 Å². The Labute approximate surface area is 316 Å². The maximum absolute atomic E-state index is 14.4. The van der Waals surface area contributed by atoms with Gasteiger partial charge in [-0.15, -0.1) is 0 Å². The Bertz CT molecular complexity index is 1580. The lowest BCUT2D eigenvalue weighted by atomic mass is 9.97. The number of fused-ring (bicyclic) bond motifs is 2. The second-order valence-electron chi connectivity index (χ2n) is 15.6. The zero-order valence-corrected chi connectivity index (χ0v) is 32.1. The zero-order chi connectivity index (χ0) is 39.9. The molecule has 7 N–H and O–H groups in total. The van der Waals surface area contributed by atoms with Crippen LogP contribution in [0.25, 0.3) is 0 Å². The first kappa shape index (κ1) is 41.7. The van der Waals surface area contributed by atoms with Crippen LogP contribution >= 0.6 is 0 Å². The number of benzene rings is 1. The van der Waals surface area contributed by atoms with Crippen molar-refractivity contribution >= 4 is 47.3 Å². The van der Waals surface area contributed by atoms with Crippen molar-refractivity contribution in [3.63, 3.8) is 0 Å². The highest BCUT2D eigenvalue weighted by Gasteiger charge is 2.45. The summed E-state index contributed by atoms with van der Waals surface area (Å²) in [5.41, 5.74) is 6.23. The first-order valence-electron chi connectivity index (χ1n) is 18.9. The third-order valence-corrected chi connectivity index (χ3v) is 10.3. The fourth-order valence-electron chi connectivity index (χ4n) is 7.32. The standard InChI is InChI=1S/C38H56N8O8/c1-20(2)29-34(50)41-25(18-23-12-8-7-9-13-23)37(53)46-17-11-15-27(46)38(54)45-16-10-14-26(45)33(49)40-24(19-28(39)47)32(48)42-30(21(3)4)35(51)44-31(22(5)6)36(52)43-29/h7-9,12-13,20-22,24-27,29-31H,10-11,14-19H2,1-6H3,(H2,39,47)(H,40,49)(H,41,50)(H,42,48)(H,43,52)(H,44,51). The molecular weight excluding hydrogens is 696 g/mol. The molecule has 3 aliphatic rings. The molecule has 296 valence electrons. The lowest BCUT2D eigenvalue weighted by Gasteiger charge is -2.34. The van der Waals surface area contributed by atoms with Gasteiger partial charge in [0.05, 0.1) is 6.42 Å². The molecule has 1 aromatic carbocycles. The van der Waals surface area contributed by atoms with Crippen molar-refractivity contribution < 1.29 is 38.4 Å². The van der Waals surface area contributed by atoms with Gasteiger partial charge in [0.25, 0.3) is 0 Å². The van der Waals surface area contributed by atoms with Gasteiger partial charge in [-0.1, -0.05) is 71.9 Å². The van der Waals surface area contributed by atoms with E-state index in [9.17, 15) is 38.4 Å². The summed E-state index contributed by atoms with van der Waals surface area (Å²) in [4.78, 5) is 113. The molecule has 0 aliphatic carbocycles. The molecule has 0 aromatic heterocycles. The highest BCUT2D eigenvalue weighted by molar-refractivity contribution is 6.00. The number of primary amides is 1. The summed E-state index contributed by atoms with van der Waals surface area (Å²) in [6.07, 6.45) is 1.16. The van der Waals surface area contributed by atoms with Crippen molar-refractivity contribution in [1.82, 2.24) is 36.4 Å². The van der Waals surface area contributed by atoms with Gasteiger partial charge in [0.2, 0.25) is 47.3 Å². The number of nitrogens with two attached hydrogens (primary N) is 1. The van der Waals surface area contributed by atoms with Crippen molar-refractivity contribution in [3.05, 3.63) is 35.9 Å². The lowest BCUT2D eigenvalue weighted by molar-refractivity contribution is -0.148. The number of amides is 8. The summed E-state index contributed by atoms with van der Waals surface area (Å²) in [6, 6.07) is 1.21. The Hall–Kier alpha value is -5.02. The average molecular weight is 753 g/mol. The van der Waals surface area contributed by atoms with E-state index < -0.39 is 114 Å². The predicted octanol–water partition coefficient (Wildman–Crippen LogP) is -0.508. The van der Waals surface area contributed by atoms with Gasteiger partial charge in [0.1, 0.15) is 42.3 Å². The molecule has 3 fully saturated rings. The van der Waals surface area contributed by atoms with Crippen LogP contribution < -0.4 is 32.3 Å². The maximum atomic E-state index is 14.4. The second kappa shape index (κ2) is 18.3. The zero-order valence-electron chi connectivity index (χ0n) is 32.1. The molecule has 1 aromatic rings. The van der Waals surface area contributed by atoms with Gasteiger partial charge in [-0.05, 0) is 49.0 Å². The van der Waals surface area contributed by atoms with Crippen LogP contribution in [-0.4, -0.2) is 112 Å². The van der Waals surface area contributed by atoms with Gasteiger partial charge in [-0.2, -0.15) is 0 Å². The van der Waals surface area contributed by atoms with E-state index >= 15 is 0 Å². The van der Waals surface area contributed by atoms with E-state index in [4.69, 9.17) is 5.73 Å². The SMILES string of the molecule is CC(C)C1NC(=O)C(CC(N)=O)NC(=O)C2CCCN2C(=O)C2CCCN2C(=O)C(Cc2ccccc2)NC(=O)C(C(C)C)NC(=O)C(C(C)C)NC1=O. The van der Waals surface area contributed by atoms with Gasteiger partial charge in [0, 0.05) is 19.5 Å². The van der Waals surface area contributed by atoms with Crippen molar-refractivity contribution in [2.24, 2.45) is 23.5 Å². The van der Waals surface area contributed by atoms with E-state index in [-0.39, 0.29) is 25.9 Å². The van der Waals surface area contributed by atoms with Crippen LogP contribution in [0.4, 0.5) is 0 Å². The predicted molar refractivity (Wildman–Crippen MR) is 198 cm³/mol. The summed E-state index contributed by atoms with van der Waals surface area (Å²) in [5.74, 6) is -6.68. The third kappa shape index (κ3) is 10.1. The van der Waals surface area contributed by atoms with Crippen LogP contribution in [0.2, 0.25) is 0 Å². The number of carbonyl (C=O) groups is 8. The minimum Gasteiger partial charge on any atom is -0.370 e. The molecule has 7 unspecified atom stereocenters. The fourth-order valence-corrected chi connectivity index (χ4v) is 7.32. The van der Waals surface area contributed by atoms with Crippen LogP contribution in [0.1, 0.15) is 79.2 Å². The van der Waals surface area contributed by atoms with E-state index in [1.807, 2.05) is 30.3 Å². The molecule has 0 saturated carbocycles. The molecule has 7 atom stereocenters. The summed E-state index contributed by atoms with van der Waals surface area (Å²) < 4.78 is 0. The van der Waals surface area contributed by atoms with E-state index in [1.54, 1.807) is 41.5 Å². The number of nitrogens with zero attached hydrogens (tertiary/aromatic N) is 2. The minimum atomic E-state index is -1.47. The Morgan fingerprint density at radius 2 is 1.06 bits per heavy atom. The van der Waals surface area contributed by atoms with Crippen molar-refractivity contribution in [3.8, 4) is 0 Å². The second-order valence-corrected chi connectivity index (χ2v) is 15.6. The summed E-state index contributed by atoms with van der Waals surface area (Å²) in [6.45, 7) is 10.8. The Morgan fingerprint density at radius 3 is 1.56 bits per heavy atom. The number of nitrogens with one attached hydrogen (secondary N) is 5. The number of carbonyl (C=O) groups excluding carboxylic acids is 8. The molecule has 0 spiro atoms. The lowest BCUT2D eigenvalue weighted by Crippen LogP contribution is -2.62. The van der Waals surface area contributed by atoms with Gasteiger partial charge in [0.15, 0.2) is 0 Å². The largest absolute Gasteiger partial charge is 0.370 e. The smallest absolute Gasteiger partial charge is 0.246 e. The van der Waals surface area contributed by atoms with Gasteiger partial charge >= 0.3 is 0 Å².